The zero-order valence-electron chi connectivity index (χ0n) is 15.0. The topological polar surface area (TPSA) is 55.8 Å². The van der Waals surface area contributed by atoms with Gasteiger partial charge in [0.05, 0.1) is 17.6 Å². The second-order valence-electron chi connectivity index (χ2n) is 6.74. The van der Waals surface area contributed by atoms with E-state index in [0.717, 1.165) is 16.7 Å². The van der Waals surface area contributed by atoms with Crippen LogP contribution in [-0.2, 0) is 4.57 Å². The van der Waals surface area contributed by atoms with Gasteiger partial charge in [-0.3, -0.25) is 4.57 Å². The molecule has 0 spiro atoms. The smallest absolute Gasteiger partial charge is 0.280 e. The molecule has 0 saturated carbocycles. The number of aryl methyl sites for hydroxylation is 1. The molecule has 2 unspecified atom stereocenters. The van der Waals surface area contributed by atoms with Crippen molar-refractivity contribution in [3.05, 3.63) is 78.4 Å². The standard InChI is InChI=1S/C22H21O4P/c1-16-10-12-18(13-11-16)25-14-17(23)15-27(24)22-9-5-3-7-20(22)19-6-2-4-8-21(19)26-27/h2-13,17,23H,14-15H2,1H3. The summed E-state index contributed by atoms with van der Waals surface area (Å²) in [6.07, 6.45) is -0.903. The average Bonchev–Trinajstić information content (AvgIpc) is 2.68. The minimum absolute atomic E-state index is 0.00418. The van der Waals surface area contributed by atoms with Gasteiger partial charge in [0.25, 0.3) is 7.37 Å². The largest absolute Gasteiger partial charge is 0.491 e. The van der Waals surface area contributed by atoms with Crippen LogP contribution in [0.5, 0.6) is 11.5 Å². The molecule has 1 heterocycles. The number of benzene rings is 3. The lowest BCUT2D eigenvalue weighted by atomic mass is 10.0. The number of para-hydroxylation sites is 1. The fourth-order valence-electron chi connectivity index (χ4n) is 3.27. The van der Waals surface area contributed by atoms with E-state index >= 15 is 0 Å². The lowest BCUT2D eigenvalue weighted by Gasteiger charge is -2.29. The van der Waals surface area contributed by atoms with Crippen LogP contribution in [0.15, 0.2) is 72.8 Å². The maximum absolute atomic E-state index is 13.6. The molecule has 4 rings (SSSR count). The van der Waals surface area contributed by atoms with E-state index < -0.39 is 13.5 Å². The van der Waals surface area contributed by atoms with Gasteiger partial charge in [0.15, 0.2) is 0 Å². The lowest BCUT2D eigenvalue weighted by Crippen LogP contribution is -2.28. The summed E-state index contributed by atoms with van der Waals surface area (Å²) in [6, 6.07) is 22.7. The van der Waals surface area contributed by atoms with Crippen molar-refractivity contribution >= 4 is 12.7 Å². The minimum Gasteiger partial charge on any atom is -0.491 e. The first kappa shape index (κ1) is 17.8. The zero-order chi connectivity index (χ0) is 18.9. The Hall–Kier alpha value is -2.55. The Morgan fingerprint density at radius 3 is 2.41 bits per heavy atom. The molecule has 1 N–H and O–H groups in total. The summed E-state index contributed by atoms with van der Waals surface area (Å²) in [4.78, 5) is 0. The van der Waals surface area contributed by atoms with Crippen molar-refractivity contribution in [2.24, 2.45) is 0 Å². The lowest BCUT2D eigenvalue weighted by molar-refractivity contribution is 0.123. The fourth-order valence-corrected chi connectivity index (χ4v) is 5.65. The molecular formula is C22H21O4P. The Morgan fingerprint density at radius 1 is 0.963 bits per heavy atom. The molecule has 1 aliphatic heterocycles. The van der Waals surface area contributed by atoms with Gasteiger partial charge in [-0.25, -0.2) is 0 Å². The molecule has 3 aromatic rings. The highest BCUT2D eigenvalue weighted by molar-refractivity contribution is 7.67. The molecule has 4 nitrogen and oxygen atoms in total. The number of ether oxygens (including phenoxy) is 1. The van der Waals surface area contributed by atoms with Crippen LogP contribution in [0.1, 0.15) is 5.56 Å². The van der Waals surface area contributed by atoms with Gasteiger partial charge < -0.3 is 14.4 Å². The quantitative estimate of drug-likeness (QED) is 0.667. The number of aliphatic hydroxyl groups excluding tert-OH is 1. The van der Waals surface area contributed by atoms with E-state index in [-0.39, 0.29) is 12.8 Å². The van der Waals surface area contributed by atoms with Gasteiger partial charge in [0, 0.05) is 5.56 Å². The van der Waals surface area contributed by atoms with Crippen molar-refractivity contribution in [3.8, 4) is 22.6 Å². The average molecular weight is 380 g/mol. The molecule has 1 aliphatic rings. The van der Waals surface area contributed by atoms with Crippen LogP contribution in [-0.4, -0.2) is 24.0 Å². The third kappa shape index (κ3) is 3.64. The molecular weight excluding hydrogens is 359 g/mol. The Kier molecular flexibility index (Phi) is 4.77. The summed E-state index contributed by atoms with van der Waals surface area (Å²) < 4.78 is 25.2. The molecule has 27 heavy (non-hydrogen) atoms. The van der Waals surface area contributed by atoms with Crippen molar-refractivity contribution in [1.29, 1.82) is 0 Å². The van der Waals surface area contributed by atoms with E-state index in [1.54, 1.807) is 0 Å². The molecule has 0 aromatic heterocycles. The first-order valence-electron chi connectivity index (χ1n) is 8.90. The van der Waals surface area contributed by atoms with Gasteiger partial charge >= 0.3 is 0 Å². The van der Waals surface area contributed by atoms with Gasteiger partial charge in [-0.2, -0.15) is 0 Å². The first-order chi connectivity index (χ1) is 13.0. The van der Waals surface area contributed by atoms with Crippen LogP contribution >= 0.6 is 7.37 Å². The Balaban J connectivity index is 1.54. The molecule has 0 saturated heterocycles. The van der Waals surface area contributed by atoms with Crippen molar-refractivity contribution in [3.63, 3.8) is 0 Å². The van der Waals surface area contributed by atoms with Crippen LogP contribution in [0.2, 0.25) is 0 Å². The van der Waals surface area contributed by atoms with E-state index in [1.165, 1.54) is 0 Å². The zero-order valence-corrected chi connectivity index (χ0v) is 15.9. The molecule has 5 heteroatoms. The number of hydrogen-bond donors (Lipinski definition) is 1. The molecule has 0 radical (unpaired) electrons. The number of fused-ring (bicyclic) bond motifs is 3. The highest BCUT2D eigenvalue weighted by Crippen LogP contribution is 2.54. The van der Waals surface area contributed by atoms with Crippen LogP contribution in [0, 0.1) is 6.92 Å². The monoisotopic (exact) mass is 380 g/mol. The first-order valence-corrected chi connectivity index (χ1v) is 10.7. The second kappa shape index (κ2) is 7.22. The van der Waals surface area contributed by atoms with E-state index in [1.807, 2.05) is 79.7 Å². The summed E-state index contributed by atoms with van der Waals surface area (Å²) in [5, 5.41) is 11.1. The SMILES string of the molecule is Cc1ccc(OCC(O)CP2(=O)Oc3ccccc3-c3ccccc32)cc1. The van der Waals surface area contributed by atoms with Gasteiger partial charge in [0.2, 0.25) is 0 Å². The van der Waals surface area contributed by atoms with E-state index in [2.05, 4.69) is 0 Å². The highest BCUT2D eigenvalue weighted by Gasteiger charge is 2.37. The van der Waals surface area contributed by atoms with Crippen LogP contribution in [0.25, 0.3) is 11.1 Å². The molecule has 3 aromatic carbocycles. The third-order valence-corrected chi connectivity index (χ3v) is 7.13. The Morgan fingerprint density at radius 2 is 1.63 bits per heavy atom. The van der Waals surface area contributed by atoms with Gasteiger partial charge in [0.1, 0.15) is 18.1 Å². The molecule has 0 amide bonds. The fraction of sp³-hybridized carbons (Fsp3) is 0.182. The van der Waals surface area contributed by atoms with Crippen LogP contribution < -0.4 is 14.6 Å². The molecule has 0 bridgehead atoms. The Bertz CT molecular complexity index is 997. The van der Waals surface area contributed by atoms with E-state index in [4.69, 9.17) is 9.26 Å². The van der Waals surface area contributed by atoms with Crippen molar-refractivity contribution in [1.82, 2.24) is 0 Å². The minimum atomic E-state index is -3.25. The summed E-state index contributed by atoms with van der Waals surface area (Å²) in [5.41, 5.74) is 2.96. The van der Waals surface area contributed by atoms with Crippen molar-refractivity contribution < 1.29 is 18.9 Å². The molecule has 0 aliphatic carbocycles. The van der Waals surface area contributed by atoms with Crippen LogP contribution in [0.3, 0.4) is 0 Å². The predicted molar refractivity (Wildman–Crippen MR) is 107 cm³/mol. The summed E-state index contributed by atoms with van der Waals surface area (Å²) in [5.74, 6) is 1.26. The van der Waals surface area contributed by atoms with Gasteiger partial charge in [-0.15, -0.1) is 0 Å². The highest BCUT2D eigenvalue weighted by atomic mass is 31.2. The van der Waals surface area contributed by atoms with E-state index in [9.17, 15) is 9.67 Å². The predicted octanol–water partition coefficient (Wildman–Crippen LogP) is 4.40. The Labute approximate surface area is 158 Å². The molecule has 2 atom stereocenters. The number of rotatable bonds is 5. The normalized spacial score (nSPS) is 18.7. The van der Waals surface area contributed by atoms with Crippen molar-refractivity contribution in [2.75, 3.05) is 12.8 Å². The summed E-state index contributed by atoms with van der Waals surface area (Å²) in [7, 11) is -3.25. The number of aliphatic hydroxyl groups is 1. The van der Waals surface area contributed by atoms with E-state index in [0.29, 0.717) is 16.8 Å². The van der Waals surface area contributed by atoms with Gasteiger partial charge in [-0.1, -0.05) is 54.1 Å². The molecule has 0 fully saturated rings. The maximum atomic E-state index is 13.6. The van der Waals surface area contributed by atoms with Crippen molar-refractivity contribution in [2.45, 2.75) is 13.0 Å². The third-order valence-electron chi connectivity index (χ3n) is 4.61. The maximum Gasteiger partial charge on any atom is 0.280 e. The molecule has 138 valence electrons. The summed E-state index contributed by atoms with van der Waals surface area (Å²) in [6.45, 7) is 2.06. The van der Waals surface area contributed by atoms with Gasteiger partial charge in [-0.05, 0) is 36.8 Å². The second-order valence-corrected chi connectivity index (χ2v) is 9.11. The van der Waals surface area contributed by atoms with Crippen LogP contribution in [0.4, 0.5) is 0 Å². The summed E-state index contributed by atoms with van der Waals surface area (Å²) >= 11 is 0. The number of hydrogen-bond acceptors (Lipinski definition) is 4.